The van der Waals surface area contributed by atoms with Crippen LogP contribution in [0, 0.1) is 21.4 Å². The molecule has 1 unspecified atom stereocenters. The second-order valence-electron chi connectivity index (χ2n) is 5.43. The van der Waals surface area contributed by atoms with Crippen molar-refractivity contribution in [3.8, 4) is 23.3 Å². The lowest BCUT2D eigenvalue weighted by molar-refractivity contribution is -0.385. The lowest BCUT2D eigenvalue weighted by atomic mass is 9.95. The van der Waals surface area contributed by atoms with Gasteiger partial charge >= 0.3 is 11.7 Å². The summed E-state index contributed by atoms with van der Waals surface area (Å²) in [6, 6.07) is 10.7. The average Bonchev–Trinajstić information content (AvgIpc) is 2.54. The Labute approximate surface area is 137 Å². The summed E-state index contributed by atoms with van der Waals surface area (Å²) in [5, 5.41) is 20.0. The number of ether oxygens (including phenoxy) is 2. The van der Waals surface area contributed by atoms with Gasteiger partial charge in [-0.15, -0.1) is 0 Å². The van der Waals surface area contributed by atoms with Crippen LogP contribution >= 0.6 is 0 Å². The van der Waals surface area contributed by atoms with E-state index in [4.69, 9.17) is 14.7 Å². The molecular weight excluding hydrogens is 312 g/mol. The van der Waals surface area contributed by atoms with Crippen molar-refractivity contribution in [3.63, 3.8) is 0 Å². The van der Waals surface area contributed by atoms with Crippen LogP contribution in [0.25, 0.3) is 0 Å². The van der Waals surface area contributed by atoms with Gasteiger partial charge in [0.1, 0.15) is 11.5 Å². The number of rotatable bonds is 3. The fourth-order valence-corrected chi connectivity index (χ4v) is 2.54. The molecule has 0 aliphatic carbocycles. The van der Waals surface area contributed by atoms with Gasteiger partial charge in [-0.05, 0) is 23.6 Å². The molecule has 7 nitrogen and oxygen atoms in total. The van der Waals surface area contributed by atoms with Crippen LogP contribution in [0.4, 0.5) is 5.69 Å². The lowest BCUT2D eigenvalue weighted by Crippen LogP contribution is -2.18. The second-order valence-corrected chi connectivity index (χ2v) is 5.43. The van der Waals surface area contributed by atoms with Crippen molar-refractivity contribution in [2.75, 3.05) is 0 Å². The maximum Gasteiger partial charge on any atom is 0.311 e. The van der Waals surface area contributed by atoms with Gasteiger partial charge < -0.3 is 9.47 Å². The number of carbonyl (C=O) groups excluding carboxylic acids is 1. The van der Waals surface area contributed by atoms with Crippen molar-refractivity contribution in [2.24, 2.45) is 0 Å². The van der Waals surface area contributed by atoms with Crippen LogP contribution in [0.3, 0.4) is 0 Å². The van der Waals surface area contributed by atoms with E-state index in [1.807, 2.05) is 13.0 Å². The summed E-state index contributed by atoms with van der Waals surface area (Å²) >= 11 is 0. The zero-order valence-electron chi connectivity index (χ0n) is 12.7. The largest absolute Gasteiger partial charge is 0.450 e. The zero-order chi connectivity index (χ0) is 17.3. The van der Waals surface area contributed by atoms with E-state index in [9.17, 15) is 14.9 Å². The number of benzene rings is 2. The fraction of sp³-hybridized carbons (Fsp3) is 0.176. The smallest absolute Gasteiger partial charge is 0.311 e. The van der Waals surface area contributed by atoms with E-state index in [1.54, 1.807) is 12.1 Å². The molecule has 0 radical (unpaired) electrons. The van der Waals surface area contributed by atoms with E-state index in [2.05, 4.69) is 0 Å². The van der Waals surface area contributed by atoms with Gasteiger partial charge in [0, 0.05) is 18.2 Å². The van der Waals surface area contributed by atoms with Gasteiger partial charge in [0.15, 0.2) is 0 Å². The molecule has 1 aliphatic rings. The van der Waals surface area contributed by atoms with Crippen molar-refractivity contribution in [1.29, 1.82) is 5.26 Å². The van der Waals surface area contributed by atoms with Crippen molar-refractivity contribution in [1.82, 2.24) is 0 Å². The summed E-state index contributed by atoms with van der Waals surface area (Å²) in [7, 11) is 0. The molecule has 1 heterocycles. The van der Waals surface area contributed by atoms with Crippen LogP contribution in [0.2, 0.25) is 0 Å². The Balaban J connectivity index is 1.98. The highest BCUT2D eigenvalue weighted by atomic mass is 16.6. The Bertz CT molecular complexity index is 885. The van der Waals surface area contributed by atoms with Gasteiger partial charge in [0.2, 0.25) is 5.75 Å². The number of nitro groups is 1. The van der Waals surface area contributed by atoms with E-state index < -0.39 is 4.92 Å². The fourth-order valence-electron chi connectivity index (χ4n) is 2.54. The summed E-state index contributed by atoms with van der Waals surface area (Å²) in [5.74, 6) is 0.328. The topological polar surface area (TPSA) is 102 Å². The first-order valence-electron chi connectivity index (χ1n) is 7.19. The minimum atomic E-state index is -0.586. The highest BCUT2D eigenvalue weighted by Crippen LogP contribution is 2.39. The van der Waals surface area contributed by atoms with Gasteiger partial charge in [-0.2, -0.15) is 5.26 Å². The predicted octanol–water partition coefficient (Wildman–Crippen LogP) is 3.67. The Morgan fingerprint density at radius 2 is 2.12 bits per heavy atom. The van der Waals surface area contributed by atoms with E-state index in [-0.39, 0.29) is 34.6 Å². The first-order valence-corrected chi connectivity index (χ1v) is 7.19. The Kier molecular flexibility index (Phi) is 3.88. The number of nitrogens with zero attached hydrogens (tertiary/aromatic N) is 2. The molecule has 0 amide bonds. The van der Waals surface area contributed by atoms with Crippen molar-refractivity contribution >= 4 is 11.7 Å². The molecule has 1 atom stereocenters. The zero-order valence-corrected chi connectivity index (χ0v) is 12.7. The molecule has 24 heavy (non-hydrogen) atoms. The first kappa shape index (κ1) is 15.5. The molecule has 0 N–H and O–H groups in total. The van der Waals surface area contributed by atoms with Crippen molar-refractivity contribution in [2.45, 2.75) is 19.3 Å². The minimum Gasteiger partial charge on any atom is -0.450 e. The third kappa shape index (κ3) is 2.90. The molecule has 0 spiro atoms. The van der Waals surface area contributed by atoms with E-state index in [0.29, 0.717) is 12.2 Å². The molecule has 0 aromatic heterocycles. The van der Waals surface area contributed by atoms with Gasteiger partial charge in [0.05, 0.1) is 23.0 Å². The van der Waals surface area contributed by atoms with Crippen LogP contribution < -0.4 is 9.47 Å². The maximum absolute atomic E-state index is 11.5. The van der Waals surface area contributed by atoms with Gasteiger partial charge in [-0.3, -0.25) is 14.9 Å². The molecule has 2 aromatic rings. The summed E-state index contributed by atoms with van der Waals surface area (Å²) in [6.07, 6.45) is 0.308. The molecule has 120 valence electrons. The van der Waals surface area contributed by atoms with Crippen molar-refractivity contribution < 1.29 is 19.2 Å². The van der Waals surface area contributed by atoms with Crippen LogP contribution in [0.5, 0.6) is 17.2 Å². The molecule has 3 rings (SSSR count). The molecule has 1 aliphatic heterocycles. The second kappa shape index (κ2) is 6.01. The minimum absolute atomic E-state index is 0.0338. The number of nitro benzene ring substituents is 1. The van der Waals surface area contributed by atoms with E-state index >= 15 is 0 Å². The highest BCUT2D eigenvalue weighted by molar-refractivity contribution is 5.76. The molecule has 0 saturated heterocycles. The Morgan fingerprint density at radius 1 is 1.33 bits per heavy atom. The van der Waals surface area contributed by atoms with Crippen LogP contribution in [-0.2, 0) is 4.79 Å². The monoisotopic (exact) mass is 324 g/mol. The quantitative estimate of drug-likeness (QED) is 0.369. The number of carbonyl (C=O) groups is 1. The number of nitriles is 1. The number of hydrogen-bond acceptors (Lipinski definition) is 6. The molecule has 2 aromatic carbocycles. The van der Waals surface area contributed by atoms with Crippen molar-refractivity contribution in [3.05, 3.63) is 57.6 Å². The Morgan fingerprint density at radius 3 is 2.83 bits per heavy atom. The average molecular weight is 324 g/mol. The lowest BCUT2D eigenvalue weighted by Gasteiger charge is -2.21. The summed E-state index contributed by atoms with van der Waals surface area (Å²) < 4.78 is 10.8. The molecule has 0 saturated carbocycles. The highest BCUT2D eigenvalue weighted by Gasteiger charge is 2.25. The third-order valence-electron chi connectivity index (χ3n) is 3.73. The van der Waals surface area contributed by atoms with Gasteiger partial charge in [-0.25, -0.2) is 0 Å². The van der Waals surface area contributed by atoms with Gasteiger partial charge in [0.25, 0.3) is 0 Å². The Hall–Kier alpha value is -3.40. The van der Waals surface area contributed by atoms with E-state index in [0.717, 1.165) is 5.56 Å². The SMILES string of the molecule is CC1CC(=O)Oc2cc(Oc3cc(C#N)ccc3[N+](=O)[O-])ccc21. The van der Waals surface area contributed by atoms with Gasteiger partial charge in [-0.1, -0.05) is 13.0 Å². The summed E-state index contributed by atoms with van der Waals surface area (Å²) in [4.78, 5) is 22.1. The normalized spacial score (nSPS) is 15.8. The molecular formula is C17H12N2O5. The standard InChI is InChI=1S/C17H12N2O5/c1-10-6-17(20)24-15-8-12(3-4-13(10)15)23-16-7-11(9-18)2-5-14(16)19(21)22/h2-5,7-8,10H,6H2,1H3. The molecule has 0 bridgehead atoms. The molecule has 7 heteroatoms. The number of esters is 1. The summed E-state index contributed by atoms with van der Waals surface area (Å²) in [6.45, 7) is 1.92. The third-order valence-corrected chi connectivity index (χ3v) is 3.73. The van der Waals surface area contributed by atoms with Crippen LogP contribution in [0.15, 0.2) is 36.4 Å². The van der Waals surface area contributed by atoms with Crippen LogP contribution in [-0.4, -0.2) is 10.9 Å². The molecule has 0 fully saturated rings. The number of hydrogen-bond donors (Lipinski definition) is 0. The maximum atomic E-state index is 11.5. The van der Waals surface area contributed by atoms with E-state index in [1.165, 1.54) is 24.3 Å². The predicted molar refractivity (Wildman–Crippen MR) is 83.0 cm³/mol. The first-order chi connectivity index (χ1) is 11.5. The van der Waals surface area contributed by atoms with Crippen LogP contribution in [0.1, 0.15) is 30.4 Å². The number of fused-ring (bicyclic) bond motifs is 1. The summed E-state index contributed by atoms with van der Waals surface area (Å²) in [5.41, 5.74) is 0.868.